The van der Waals surface area contributed by atoms with Gasteiger partial charge in [0.1, 0.15) is 22.8 Å². The largest absolute Gasteiger partial charge is 0.480 e. The third-order valence-corrected chi connectivity index (χ3v) is 9.00. The van der Waals surface area contributed by atoms with E-state index < -0.39 is 34.9 Å². The topological polar surface area (TPSA) is 160 Å². The summed E-state index contributed by atoms with van der Waals surface area (Å²) >= 11 is 0.250. The van der Waals surface area contributed by atoms with Crippen molar-refractivity contribution in [2.24, 2.45) is 17.8 Å². The molecule has 3 saturated heterocycles. The number of aliphatic carboxylic acids is 1. The van der Waals surface area contributed by atoms with E-state index in [1.165, 1.54) is 11.2 Å². The number of carboxylic acids is 1. The third kappa shape index (κ3) is 20.1. The van der Waals surface area contributed by atoms with Gasteiger partial charge in [-0.15, -0.1) is 0 Å². The van der Waals surface area contributed by atoms with Gasteiger partial charge in [0.25, 0.3) is 0 Å². The molecule has 0 spiro atoms. The first-order valence-electron chi connectivity index (χ1n) is 19.0. The number of carbonyl (C=O) groups is 6. The van der Waals surface area contributed by atoms with Crippen LogP contribution in [-0.4, -0.2) is 116 Å². The number of hydrogen-bond acceptors (Lipinski definition) is 10. The highest BCUT2D eigenvalue weighted by Crippen LogP contribution is 2.30. The van der Waals surface area contributed by atoms with Crippen molar-refractivity contribution < 1.29 is 52.0 Å². The van der Waals surface area contributed by atoms with Crippen LogP contribution in [0.25, 0.3) is 0 Å². The molecule has 0 aromatic carbocycles. The summed E-state index contributed by atoms with van der Waals surface area (Å²) in [5.41, 5.74) is -1.62. The Morgan fingerprint density at radius 3 is 0.982 bits per heavy atom. The minimum absolute atomic E-state index is 0. The molecule has 55 heavy (non-hydrogen) atoms. The molecule has 13 nitrogen and oxygen atoms in total. The number of carbonyl (C=O) groups excluding carboxylic acids is 5. The first kappa shape index (κ1) is 54.0. The monoisotopic (exact) mass is 808 g/mol. The zero-order chi connectivity index (χ0) is 42.4. The molecule has 1 N–H and O–H groups in total. The number of Topliss-reactive ketones (excluding diaryl/α,β-unsaturated/α-hetero) is 2. The number of amides is 3. The molecule has 3 aliphatic rings. The van der Waals surface area contributed by atoms with Crippen LogP contribution < -0.4 is 0 Å². The van der Waals surface area contributed by atoms with Crippen molar-refractivity contribution in [1.82, 2.24) is 14.7 Å². The maximum Gasteiger partial charge on any atom is 0.411 e. The van der Waals surface area contributed by atoms with Crippen LogP contribution >= 0.6 is 12.1 Å². The van der Waals surface area contributed by atoms with Gasteiger partial charge in [-0.25, -0.2) is 19.2 Å². The first-order chi connectivity index (χ1) is 24.6. The predicted octanol–water partition coefficient (Wildman–Crippen LogP) is 9.20. The zero-order valence-corrected chi connectivity index (χ0v) is 36.4. The fraction of sp³-hybridized carbons (Fsp3) is 0.850. The second-order valence-electron chi connectivity index (χ2n) is 17.2. The number of rotatable bonds is 6. The van der Waals surface area contributed by atoms with E-state index >= 15 is 0 Å². The quantitative estimate of drug-likeness (QED) is 0.255. The van der Waals surface area contributed by atoms with Gasteiger partial charge in [-0.1, -0.05) is 47.5 Å². The van der Waals surface area contributed by atoms with Crippen molar-refractivity contribution in [2.75, 3.05) is 25.9 Å². The first-order valence-corrected chi connectivity index (χ1v) is 20.1. The molecule has 0 aromatic rings. The van der Waals surface area contributed by atoms with Gasteiger partial charge in [0.2, 0.25) is 0 Å². The predicted molar refractivity (Wildman–Crippen MR) is 216 cm³/mol. The Labute approximate surface area is 335 Å². The van der Waals surface area contributed by atoms with Crippen LogP contribution in [0.15, 0.2) is 0 Å². The van der Waals surface area contributed by atoms with Crippen molar-refractivity contribution in [2.45, 2.75) is 178 Å². The standard InChI is InChI=1S/2C13H23NO3.C12H21NO4.CH3FS.CH4/c2*1-6-10-7-11(9(2)15)14(8-10)12(16)17-13(3,4)5;1-5-8-6-9(10(14)15)13(7-8)11(16)17-12(2,3)4;1-3-2;/h2*10-11H,6-8H2,1-5H3;8-9H,5-7H2,1-4H3,(H,14,15);1H3;1H4/t10?,11-;10-,11-;8-,9-;;/m000../s1. The van der Waals surface area contributed by atoms with Crippen molar-refractivity contribution in [3.63, 3.8) is 0 Å². The molecule has 0 aliphatic carbocycles. The summed E-state index contributed by atoms with van der Waals surface area (Å²) in [6.07, 6.45) is 5.03. The maximum absolute atomic E-state index is 12.0. The fourth-order valence-corrected chi connectivity index (χ4v) is 6.23. The number of hydrogen-bond donors (Lipinski definition) is 1. The van der Waals surface area contributed by atoms with Gasteiger partial charge < -0.3 is 19.3 Å². The van der Waals surface area contributed by atoms with Crippen LogP contribution in [0.4, 0.5) is 18.3 Å². The van der Waals surface area contributed by atoms with E-state index in [2.05, 4.69) is 13.8 Å². The summed E-state index contributed by atoms with van der Waals surface area (Å²) in [6, 6.07) is -1.33. The second kappa shape index (κ2) is 23.8. The molecule has 3 heterocycles. The number of likely N-dealkylation sites (tertiary alicyclic amines) is 3. The Hall–Kier alpha value is -3.10. The van der Waals surface area contributed by atoms with Gasteiger partial charge >= 0.3 is 24.2 Å². The van der Waals surface area contributed by atoms with Crippen molar-refractivity contribution in [1.29, 1.82) is 0 Å². The summed E-state index contributed by atoms with van der Waals surface area (Å²) in [7, 11) is 0. The van der Waals surface area contributed by atoms with Crippen LogP contribution in [0, 0.1) is 17.8 Å². The Bertz CT molecular complexity index is 1100. The molecular formula is C40H74FN3O10S. The van der Waals surface area contributed by atoms with Gasteiger partial charge in [-0.2, -0.15) is 3.89 Å². The SMILES string of the molecule is C.CCC1C[C@@H](C(C)=O)N(C(=O)OC(C)(C)C)C1.CC[C@H]1C[C@@H](C(=O)O)N(C(=O)OC(C)(C)C)C1.CC[C@H]1C[C@@H](C(C)=O)N(C(=O)OC(C)(C)C)C1.CSF. The number of ketones is 2. The highest BCUT2D eigenvalue weighted by atomic mass is 32.2. The van der Waals surface area contributed by atoms with Crippen LogP contribution in [-0.2, 0) is 28.6 Å². The minimum atomic E-state index is -0.952. The second-order valence-corrected chi connectivity index (χ2v) is 17.5. The third-order valence-electron chi connectivity index (χ3n) is 9.00. The molecule has 6 atom stereocenters. The van der Waals surface area contributed by atoms with Crippen LogP contribution in [0.2, 0.25) is 0 Å². The van der Waals surface area contributed by atoms with Crippen LogP contribution in [0.1, 0.15) is 143 Å². The van der Waals surface area contributed by atoms with E-state index in [-0.39, 0.29) is 61.3 Å². The van der Waals surface area contributed by atoms with Gasteiger partial charge in [0.15, 0.2) is 11.6 Å². The number of halogens is 1. The molecule has 3 rings (SSSR count). The summed E-state index contributed by atoms with van der Waals surface area (Å²) in [6.45, 7) is 27.3. The Kier molecular flexibility index (Phi) is 23.4. The molecule has 0 radical (unpaired) electrons. The number of ether oxygens (including phenoxy) is 3. The van der Waals surface area contributed by atoms with Crippen LogP contribution in [0.5, 0.6) is 0 Å². The van der Waals surface area contributed by atoms with E-state index in [0.29, 0.717) is 37.9 Å². The Morgan fingerprint density at radius 1 is 0.582 bits per heavy atom. The smallest absolute Gasteiger partial charge is 0.411 e. The number of nitrogens with zero attached hydrogens (tertiary/aromatic N) is 3. The van der Waals surface area contributed by atoms with Crippen molar-refractivity contribution >= 4 is 48.0 Å². The average Bonchev–Trinajstić information content (AvgIpc) is 3.76. The van der Waals surface area contributed by atoms with E-state index in [9.17, 15) is 32.7 Å². The van der Waals surface area contributed by atoms with Crippen LogP contribution in [0.3, 0.4) is 0 Å². The van der Waals surface area contributed by atoms with Crippen molar-refractivity contribution in [3.8, 4) is 0 Å². The molecule has 3 fully saturated rings. The van der Waals surface area contributed by atoms with E-state index in [1.807, 2.05) is 48.5 Å². The lowest BCUT2D eigenvalue weighted by molar-refractivity contribution is -0.142. The molecule has 15 heteroatoms. The fourth-order valence-electron chi connectivity index (χ4n) is 6.23. The molecular weight excluding hydrogens is 734 g/mol. The highest BCUT2D eigenvalue weighted by molar-refractivity contribution is 7.93. The van der Waals surface area contributed by atoms with Gasteiger partial charge in [0, 0.05) is 38.0 Å². The van der Waals surface area contributed by atoms with E-state index in [0.717, 1.165) is 32.1 Å². The summed E-state index contributed by atoms with van der Waals surface area (Å²) in [4.78, 5) is 74.5. The molecule has 3 aliphatic heterocycles. The lowest BCUT2D eigenvalue weighted by Crippen LogP contribution is -2.43. The maximum atomic E-state index is 12.0. The molecule has 0 bridgehead atoms. The number of carboxylic acid groups (broad SMARTS) is 1. The molecule has 1 unspecified atom stereocenters. The molecule has 0 saturated carbocycles. The van der Waals surface area contributed by atoms with Gasteiger partial charge in [0.05, 0.1) is 12.1 Å². The van der Waals surface area contributed by atoms with E-state index in [1.54, 1.807) is 44.4 Å². The molecule has 322 valence electrons. The Balaban J connectivity index is 0. The zero-order valence-electron chi connectivity index (χ0n) is 35.6. The van der Waals surface area contributed by atoms with Crippen molar-refractivity contribution in [3.05, 3.63) is 0 Å². The minimum Gasteiger partial charge on any atom is -0.480 e. The van der Waals surface area contributed by atoms with Gasteiger partial charge in [-0.05, 0) is 113 Å². The normalized spacial score (nSPS) is 23.4. The van der Waals surface area contributed by atoms with E-state index in [4.69, 9.17) is 19.3 Å². The molecule has 0 aromatic heterocycles. The van der Waals surface area contributed by atoms with Gasteiger partial charge in [-0.3, -0.25) is 24.3 Å². The Morgan fingerprint density at radius 2 is 0.800 bits per heavy atom. The highest BCUT2D eigenvalue weighted by Gasteiger charge is 2.42. The molecule has 3 amide bonds. The summed E-state index contributed by atoms with van der Waals surface area (Å²) in [5.74, 6) is 0.224. The summed E-state index contributed by atoms with van der Waals surface area (Å²) < 4.78 is 26.1. The summed E-state index contributed by atoms with van der Waals surface area (Å²) in [5, 5.41) is 9.09. The average molecular weight is 808 g/mol. The lowest BCUT2D eigenvalue weighted by atomic mass is 10.0. The lowest BCUT2D eigenvalue weighted by Gasteiger charge is -2.27.